The smallest absolute Gasteiger partial charge is 0.240 e. The number of para-hydroxylation sites is 1. The van der Waals surface area contributed by atoms with E-state index in [0.29, 0.717) is 25.1 Å². The summed E-state index contributed by atoms with van der Waals surface area (Å²) >= 11 is 3.41. The van der Waals surface area contributed by atoms with Gasteiger partial charge in [-0.15, -0.1) is 0 Å². The number of carbonyl (C=O) groups is 2. The van der Waals surface area contributed by atoms with Gasteiger partial charge in [-0.3, -0.25) is 9.59 Å². The van der Waals surface area contributed by atoms with Crippen LogP contribution in [0.4, 0.5) is 5.69 Å². The molecule has 1 fully saturated rings. The van der Waals surface area contributed by atoms with Crippen molar-refractivity contribution in [3.63, 3.8) is 0 Å². The Kier molecular flexibility index (Phi) is 4.71. The van der Waals surface area contributed by atoms with E-state index >= 15 is 0 Å². The summed E-state index contributed by atoms with van der Waals surface area (Å²) < 4.78 is 0.805. The third-order valence-electron chi connectivity index (χ3n) is 4.33. The van der Waals surface area contributed by atoms with Gasteiger partial charge in [-0.2, -0.15) is 0 Å². The molecule has 0 unspecified atom stereocenters. The number of halogens is 1. The van der Waals surface area contributed by atoms with Crippen LogP contribution in [0.3, 0.4) is 0 Å². The molecule has 2 aromatic rings. The van der Waals surface area contributed by atoms with E-state index in [-0.39, 0.29) is 11.8 Å². The zero-order chi connectivity index (χ0) is 17.2. The van der Waals surface area contributed by atoms with E-state index in [1.165, 1.54) is 0 Å². The topological polar surface area (TPSA) is 49.4 Å². The lowest BCUT2D eigenvalue weighted by atomic mass is 10.0. The van der Waals surface area contributed by atoms with Crippen molar-refractivity contribution in [3.05, 3.63) is 64.6 Å². The molecule has 124 valence electrons. The van der Waals surface area contributed by atoms with Crippen LogP contribution in [-0.2, 0) is 16.1 Å². The predicted octanol–water partition coefficient (Wildman–Crippen LogP) is 3.83. The highest BCUT2D eigenvalue weighted by Crippen LogP contribution is 2.48. The highest BCUT2D eigenvalue weighted by molar-refractivity contribution is 9.10. The van der Waals surface area contributed by atoms with Gasteiger partial charge in [0.05, 0.1) is 5.69 Å². The second-order valence-corrected chi connectivity index (χ2v) is 7.02. The van der Waals surface area contributed by atoms with Crippen molar-refractivity contribution in [2.75, 3.05) is 12.4 Å². The molecule has 2 amide bonds. The lowest BCUT2D eigenvalue weighted by Gasteiger charge is -2.23. The molecule has 1 aliphatic rings. The highest BCUT2D eigenvalue weighted by Gasteiger charge is 2.57. The molecule has 4 nitrogen and oxygen atoms in total. The molecule has 0 atom stereocenters. The van der Waals surface area contributed by atoms with Gasteiger partial charge in [0.2, 0.25) is 11.8 Å². The van der Waals surface area contributed by atoms with Crippen molar-refractivity contribution in [2.24, 2.45) is 5.41 Å². The molecule has 0 saturated heterocycles. The number of rotatable bonds is 5. The molecule has 0 radical (unpaired) electrons. The van der Waals surface area contributed by atoms with E-state index in [1.54, 1.807) is 11.9 Å². The van der Waals surface area contributed by atoms with E-state index in [2.05, 4.69) is 21.2 Å². The number of benzene rings is 2. The minimum atomic E-state index is -0.918. The molecule has 24 heavy (non-hydrogen) atoms. The Bertz CT molecular complexity index is 757. The van der Waals surface area contributed by atoms with Gasteiger partial charge in [0.15, 0.2) is 0 Å². The monoisotopic (exact) mass is 386 g/mol. The molecule has 1 N–H and O–H groups in total. The summed E-state index contributed by atoms with van der Waals surface area (Å²) in [7, 11) is 1.75. The molecular weight excluding hydrogens is 368 g/mol. The summed E-state index contributed by atoms with van der Waals surface area (Å²) in [6.45, 7) is 0.504. The zero-order valence-corrected chi connectivity index (χ0v) is 15.0. The van der Waals surface area contributed by atoms with Crippen LogP contribution in [-0.4, -0.2) is 23.8 Å². The Balaban J connectivity index is 1.69. The summed E-state index contributed by atoms with van der Waals surface area (Å²) in [6, 6.07) is 17.2. The average molecular weight is 387 g/mol. The molecule has 1 saturated carbocycles. The van der Waals surface area contributed by atoms with Crippen LogP contribution in [0, 0.1) is 5.41 Å². The van der Waals surface area contributed by atoms with Crippen molar-refractivity contribution in [2.45, 2.75) is 19.4 Å². The predicted molar refractivity (Wildman–Crippen MR) is 97.4 cm³/mol. The molecule has 2 aromatic carbocycles. The highest BCUT2D eigenvalue weighted by atomic mass is 79.9. The van der Waals surface area contributed by atoms with Crippen molar-refractivity contribution >= 4 is 33.4 Å². The van der Waals surface area contributed by atoms with Crippen LogP contribution in [0.5, 0.6) is 0 Å². The van der Waals surface area contributed by atoms with Gasteiger partial charge >= 0.3 is 0 Å². The lowest BCUT2D eigenvalue weighted by Crippen LogP contribution is -2.40. The fraction of sp³-hybridized carbons (Fsp3) is 0.263. The van der Waals surface area contributed by atoms with Gasteiger partial charge in [-0.1, -0.05) is 42.5 Å². The quantitative estimate of drug-likeness (QED) is 0.793. The maximum Gasteiger partial charge on any atom is 0.240 e. The fourth-order valence-electron chi connectivity index (χ4n) is 2.76. The molecule has 0 heterocycles. The Morgan fingerprint density at radius 3 is 2.33 bits per heavy atom. The Labute approximate surface area is 150 Å². The molecule has 0 bridgehead atoms. The van der Waals surface area contributed by atoms with E-state index in [0.717, 1.165) is 10.0 Å². The van der Waals surface area contributed by atoms with Gasteiger partial charge in [0, 0.05) is 18.1 Å². The van der Waals surface area contributed by atoms with Gasteiger partial charge in [-0.05, 0) is 46.5 Å². The number of hydrogen-bond donors (Lipinski definition) is 1. The molecular formula is C19H19BrN2O2. The molecule has 0 aromatic heterocycles. The molecule has 0 spiro atoms. The Morgan fingerprint density at radius 2 is 1.71 bits per heavy atom. The van der Waals surface area contributed by atoms with Crippen LogP contribution in [0.25, 0.3) is 0 Å². The van der Waals surface area contributed by atoms with E-state index in [1.807, 2.05) is 54.6 Å². The van der Waals surface area contributed by atoms with Crippen LogP contribution in [0.2, 0.25) is 0 Å². The first-order chi connectivity index (χ1) is 11.5. The molecule has 5 heteroatoms. The van der Waals surface area contributed by atoms with Crippen molar-refractivity contribution < 1.29 is 9.59 Å². The molecule has 0 aliphatic heterocycles. The first kappa shape index (κ1) is 16.7. The second kappa shape index (κ2) is 6.77. The molecule has 3 rings (SSSR count). The maximum atomic E-state index is 12.8. The summed E-state index contributed by atoms with van der Waals surface area (Å²) in [6.07, 6.45) is 1.20. The summed E-state index contributed by atoms with van der Waals surface area (Å²) in [5, 5.41) is 2.88. The number of hydrogen-bond acceptors (Lipinski definition) is 2. The van der Waals surface area contributed by atoms with Crippen molar-refractivity contribution in [1.29, 1.82) is 0 Å². The van der Waals surface area contributed by atoms with Crippen LogP contribution in [0.1, 0.15) is 18.4 Å². The zero-order valence-electron chi connectivity index (χ0n) is 13.5. The third-order valence-corrected chi connectivity index (χ3v) is 5.02. The van der Waals surface area contributed by atoms with Crippen LogP contribution >= 0.6 is 15.9 Å². The number of nitrogens with zero attached hydrogens (tertiary/aromatic N) is 1. The minimum absolute atomic E-state index is 0.115. The largest absolute Gasteiger partial charge is 0.340 e. The Hall–Kier alpha value is -2.14. The van der Waals surface area contributed by atoms with Crippen LogP contribution in [0.15, 0.2) is 59.1 Å². The summed E-state index contributed by atoms with van der Waals surface area (Å²) in [4.78, 5) is 27.1. The van der Waals surface area contributed by atoms with E-state index in [9.17, 15) is 9.59 Å². The maximum absolute atomic E-state index is 12.8. The van der Waals surface area contributed by atoms with Gasteiger partial charge in [-0.25, -0.2) is 0 Å². The minimum Gasteiger partial charge on any atom is -0.340 e. The normalized spacial score (nSPS) is 14.8. The van der Waals surface area contributed by atoms with E-state index in [4.69, 9.17) is 0 Å². The van der Waals surface area contributed by atoms with Crippen molar-refractivity contribution in [1.82, 2.24) is 4.90 Å². The SMILES string of the molecule is CN(Cc1ccccc1)C(=O)C1(C(=O)Nc2ccccc2Br)CC1. The third kappa shape index (κ3) is 3.36. The number of anilines is 1. The van der Waals surface area contributed by atoms with E-state index < -0.39 is 5.41 Å². The second-order valence-electron chi connectivity index (χ2n) is 6.16. The molecule has 1 aliphatic carbocycles. The number of carbonyl (C=O) groups excluding carboxylic acids is 2. The van der Waals surface area contributed by atoms with Gasteiger partial charge in [0.1, 0.15) is 5.41 Å². The first-order valence-electron chi connectivity index (χ1n) is 7.88. The average Bonchev–Trinajstić information content (AvgIpc) is 3.39. The Morgan fingerprint density at radius 1 is 1.08 bits per heavy atom. The standard InChI is InChI=1S/C19H19BrN2O2/c1-22(13-14-7-3-2-4-8-14)18(24)19(11-12-19)17(23)21-16-10-6-5-9-15(16)20/h2-10H,11-13H2,1H3,(H,21,23). The summed E-state index contributed by atoms with van der Waals surface area (Å²) in [5.74, 6) is -0.338. The summed E-state index contributed by atoms with van der Waals surface area (Å²) in [5.41, 5.74) is 0.821. The number of amides is 2. The first-order valence-corrected chi connectivity index (χ1v) is 8.68. The van der Waals surface area contributed by atoms with Gasteiger partial charge < -0.3 is 10.2 Å². The van der Waals surface area contributed by atoms with Crippen LogP contribution < -0.4 is 5.32 Å². The lowest BCUT2D eigenvalue weighted by molar-refractivity contribution is -0.141. The van der Waals surface area contributed by atoms with Gasteiger partial charge in [0.25, 0.3) is 0 Å². The van der Waals surface area contributed by atoms with Crippen molar-refractivity contribution in [3.8, 4) is 0 Å². The fourth-order valence-corrected chi connectivity index (χ4v) is 3.15. The number of nitrogens with one attached hydrogen (secondary N) is 1.